The van der Waals surface area contributed by atoms with Gasteiger partial charge in [-0.25, -0.2) is 36.5 Å². The van der Waals surface area contributed by atoms with E-state index in [0.29, 0.717) is 0 Å². The Morgan fingerprint density at radius 2 is 1.52 bits per heavy atom. The van der Waals surface area contributed by atoms with Crippen molar-refractivity contribution >= 4 is 15.7 Å². The lowest BCUT2D eigenvalue weighted by Gasteiger charge is -2.08. The Morgan fingerprint density at radius 1 is 1.05 bits per heavy atom. The van der Waals surface area contributed by atoms with Gasteiger partial charge in [-0.05, 0) is 6.42 Å². The second-order valence-corrected chi connectivity index (χ2v) is 6.71. The number of aromatic nitrogens is 3. The Kier molecular flexibility index (Phi) is 4.88. The van der Waals surface area contributed by atoms with E-state index in [2.05, 4.69) is 0 Å². The van der Waals surface area contributed by atoms with Crippen molar-refractivity contribution < 1.29 is 13.2 Å². The highest BCUT2D eigenvalue weighted by Crippen LogP contribution is 1.94. The molecule has 1 amide bonds. The molecule has 1 rings (SSSR count). The molecule has 0 saturated heterocycles. The Balaban J connectivity index is 2.97. The summed E-state index contributed by atoms with van der Waals surface area (Å²) in [5, 5.41) is 0. The minimum absolute atomic E-state index is 0.0526. The molecule has 10 nitrogen and oxygen atoms in total. The third kappa shape index (κ3) is 3.90. The van der Waals surface area contributed by atoms with Crippen LogP contribution in [0.15, 0.2) is 14.4 Å². The summed E-state index contributed by atoms with van der Waals surface area (Å²) >= 11 is 0. The molecule has 0 atom stereocenters. The zero-order valence-corrected chi connectivity index (χ0v) is 12.4. The second kappa shape index (κ2) is 6.08. The van der Waals surface area contributed by atoms with Crippen LogP contribution in [0.2, 0.25) is 0 Å². The van der Waals surface area contributed by atoms with Gasteiger partial charge in [-0.1, -0.05) is 0 Å². The fraction of sp³-hybridized carbons (Fsp3) is 0.600. The van der Waals surface area contributed by atoms with Gasteiger partial charge in [0.25, 0.3) is 0 Å². The van der Waals surface area contributed by atoms with Gasteiger partial charge in [0.2, 0.25) is 5.91 Å². The molecule has 0 radical (unpaired) electrons. The van der Waals surface area contributed by atoms with Crippen LogP contribution in [0.5, 0.6) is 0 Å². The molecule has 2 N–H and O–H groups in total. The first-order valence-electron chi connectivity index (χ1n) is 5.92. The van der Waals surface area contributed by atoms with E-state index in [1.54, 1.807) is 0 Å². The summed E-state index contributed by atoms with van der Waals surface area (Å²) in [5.41, 5.74) is 2.39. The molecular weight excluding hydrogens is 304 g/mol. The van der Waals surface area contributed by atoms with E-state index >= 15 is 0 Å². The van der Waals surface area contributed by atoms with E-state index in [-0.39, 0.29) is 13.0 Å². The van der Waals surface area contributed by atoms with Crippen molar-refractivity contribution in [3.05, 3.63) is 31.5 Å². The number of hydrogen-bond donors (Lipinski definition) is 1. The summed E-state index contributed by atoms with van der Waals surface area (Å²) < 4.78 is 25.2. The highest BCUT2D eigenvalue weighted by molar-refractivity contribution is 7.92. The molecule has 0 aliphatic heterocycles. The largest absolute Gasteiger partial charge is 0.369 e. The minimum atomic E-state index is -3.67. The lowest BCUT2D eigenvalue weighted by Crippen LogP contribution is -2.52. The molecule has 0 saturated carbocycles. The summed E-state index contributed by atoms with van der Waals surface area (Å²) in [6.45, 7) is -0.183. The van der Waals surface area contributed by atoms with Crippen LogP contribution in [-0.4, -0.2) is 39.5 Å². The smallest absolute Gasteiger partial charge is 0.336 e. The van der Waals surface area contributed by atoms with E-state index < -0.39 is 44.3 Å². The first kappa shape index (κ1) is 16.9. The predicted octanol–water partition coefficient (Wildman–Crippen LogP) is -3.46. The molecule has 1 aromatic heterocycles. The Labute approximate surface area is 119 Å². The zero-order valence-electron chi connectivity index (χ0n) is 11.6. The van der Waals surface area contributed by atoms with E-state index in [0.717, 1.165) is 13.7 Å². The third-order valence-corrected chi connectivity index (χ3v) is 4.44. The lowest BCUT2D eigenvalue weighted by atomic mass is 10.5. The maximum atomic E-state index is 11.8. The van der Waals surface area contributed by atoms with Gasteiger partial charge in [-0.2, -0.15) is 0 Å². The maximum Gasteiger partial charge on any atom is 0.336 e. The highest BCUT2D eigenvalue weighted by Gasteiger charge is 2.16. The van der Waals surface area contributed by atoms with Crippen LogP contribution in [0.3, 0.4) is 0 Å². The summed E-state index contributed by atoms with van der Waals surface area (Å²) in [6.07, 6.45) is -0.0526. The van der Waals surface area contributed by atoms with Crippen molar-refractivity contribution in [2.75, 3.05) is 11.5 Å². The number of primary amides is 1. The Bertz CT molecular complexity index is 788. The van der Waals surface area contributed by atoms with Gasteiger partial charge in [0.1, 0.15) is 5.75 Å². The molecule has 0 fully saturated rings. The molecule has 0 aromatic carbocycles. The topological polar surface area (TPSA) is 143 Å². The molecule has 118 valence electrons. The second-order valence-electron chi connectivity index (χ2n) is 4.53. The standard InChI is InChI=1S/C10H16N4O6S/c1-12-8(16)13(2)10(18)14(9(12)17)4-3-5-21(19,20)6-7(11)15/h3-6H2,1-2H3,(H2,11,15). The van der Waals surface area contributed by atoms with Crippen molar-refractivity contribution in [2.45, 2.75) is 13.0 Å². The molecule has 0 bridgehead atoms. The van der Waals surface area contributed by atoms with Gasteiger partial charge in [-0.3, -0.25) is 4.79 Å². The van der Waals surface area contributed by atoms with Crippen LogP contribution < -0.4 is 22.8 Å². The van der Waals surface area contributed by atoms with Gasteiger partial charge in [-0.15, -0.1) is 0 Å². The number of rotatable bonds is 6. The maximum absolute atomic E-state index is 11.8. The zero-order chi connectivity index (χ0) is 16.4. The fourth-order valence-corrected chi connectivity index (χ4v) is 2.90. The average Bonchev–Trinajstić information content (AvgIpc) is 2.36. The molecule has 1 aromatic rings. The first-order valence-corrected chi connectivity index (χ1v) is 7.74. The highest BCUT2D eigenvalue weighted by atomic mass is 32.2. The third-order valence-electron chi connectivity index (χ3n) is 2.81. The quantitative estimate of drug-likeness (QED) is 0.577. The van der Waals surface area contributed by atoms with Crippen LogP contribution >= 0.6 is 0 Å². The van der Waals surface area contributed by atoms with Gasteiger partial charge < -0.3 is 5.73 Å². The van der Waals surface area contributed by atoms with E-state index in [1.165, 1.54) is 14.1 Å². The Hall–Kier alpha value is -2.17. The van der Waals surface area contributed by atoms with Crippen LogP contribution in [0, 0.1) is 0 Å². The van der Waals surface area contributed by atoms with Crippen molar-refractivity contribution in [3.8, 4) is 0 Å². The molecule has 11 heteroatoms. The van der Waals surface area contributed by atoms with Crippen molar-refractivity contribution in [1.29, 1.82) is 0 Å². The van der Waals surface area contributed by atoms with Crippen LogP contribution in [0.4, 0.5) is 0 Å². The van der Waals surface area contributed by atoms with Crippen molar-refractivity contribution in [3.63, 3.8) is 0 Å². The molecule has 1 heterocycles. The summed E-state index contributed by atoms with van der Waals surface area (Å²) in [5.74, 6) is -2.15. The van der Waals surface area contributed by atoms with Gasteiger partial charge in [0, 0.05) is 20.6 Å². The molecule has 0 aliphatic carbocycles. The normalized spacial score (nSPS) is 11.5. The number of nitrogens with zero attached hydrogens (tertiary/aromatic N) is 3. The van der Waals surface area contributed by atoms with E-state index in [1.807, 2.05) is 0 Å². The van der Waals surface area contributed by atoms with Crippen LogP contribution in [0.25, 0.3) is 0 Å². The number of nitrogens with two attached hydrogens (primary N) is 1. The lowest BCUT2D eigenvalue weighted by molar-refractivity contribution is -0.115. The van der Waals surface area contributed by atoms with E-state index in [4.69, 9.17) is 5.73 Å². The monoisotopic (exact) mass is 320 g/mol. The molecular formula is C10H16N4O6S. The van der Waals surface area contributed by atoms with Crippen molar-refractivity contribution in [2.24, 2.45) is 19.8 Å². The number of sulfone groups is 1. The van der Waals surface area contributed by atoms with Gasteiger partial charge >= 0.3 is 17.1 Å². The molecule has 0 aliphatic rings. The first-order chi connectivity index (χ1) is 9.57. The predicted molar refractivity (Wildman–Crippen MR) is 73.6 cm³/mol. The van der Waals surface area contributed by atoms with Crippen LogP contribution in [-0.2, 0) is 35.3 Å². The number of carbonyl (C=O) groups is 1. The van der Waals surface area contributed by atoms with E-state index in [9.17, 15) is 27.6 Å². The molecule has 21 heavy (non-hydrogen) atoms. The minimum Gasteiger partial charge on any atom is -0.369 e. The van der Waals surface area contributed by atoms with Gasteiger partial charge in [0.05, 0.1) is 5.75 Å². The van der Waals surface area contributed by atoms with Crippen molar-refractivity contribution in [1.82, 2.24) is 13.7 Å². The summed E-state index contributed by atoms with van der Waals surface area (Å²) in [7, 11) is -1.25. The average molecular weight is 320 g/mol. The molecule has 0 unspecified atom stereocenters. The van der Waals surface area contributed by atoms with Crippen LogP contribution in [0.1, 0.15) is 6.42 Å². The summed E-state index contributed by atoms with van der Waals surface area (Å²) in [4.78, 5) is 45.6. The van der Waals surface area contributed by atoms with Gasteiger partial charge in [0.15, 0.2) is 9.84 Å². The number of hydrogen-bond acceptors (Lipinski definition) is 6. The number of amides is 1. The fourth-order valence-electron chi connectivity index (χ4n) is 1.76. The number of carbonyl (C=O) groups excluding carboxylic acids is 1. The summed E-state index contributed by atoms with van der Waals surface area (Å²) in [6, 6.07) is 0. The SMILES string of the molecule is Cn1c(=O)n(C)c(=O)n(CCCS(=O)(=O)CC(N)=O)c1=O. The molecule has 0 spiro atoms. The Morgan fingerprint density at radius 3 is 1.95 bits per heavy atom.